The highest BCUT2D eigenvalue weighted by Gasteiger charge is 2.26. The molecule has 3 nitrogen and oxygen atoms in total. The summed E-state index contributed by atoms with van der Waals surface area (Å²) in [5.41, 5.74) is 0. The minimum atomic E-state index is 0.0680. The van der Waals surface area contributed by atoms with E-state index >= 15 is 0 Å². The van der Waals surface area contributed by atoms with Gasteiger partial charge in [0.15, 0.2) is 0 Å². The van der Waals surface area contributed by atoms with Gasteiger partial charge in [-0.05, 0) is 44.6 Å². The smallest absolute Gasteiger partial charge is 0.237 e. The van der Waals surface area contributed by atoms with E-state index in [0.29, 0.717) is 6.04 Å². The van der Waals surface area contributed by atoms with Gasteiger partial charge in [0.25, 0.3) is 0 Å². The number of hydrogen-bond donors (Lipinski definition) is 2. The Kier molecular flexibility index (Phi) is 4.22. The van der Waals surface area contributed by atoms with Crippen LogP contribution in [0.1, 0.15) is 51.9 Å². The maximum atomic E-state index is 12.0. The van der Waals surface area contributed by atoms with Crippen LogP contribution in [-0.4, -0.2) is 24.5 Å². The Morgan fingerprint density at radius 3 is 2.81 bits per heavy atom. The Bertz CT molecular complexity index is 234. The number of nitrogens with one attached hydrogen (secondary N) is 2. The van der Waals surface area contributed by atoms with E-state index in [9.17, 15) is 4.79 Å². The molecule has 0 aromatic rings. The highest BCUT2D eigenvalue weighted by molar-refractivity contribution is 5.82. The van der Waals surface area contributed by atoms with Crippen molar-refractivity contribution in [3.05, 3.63) is 0 Å². The first kappa shape index (κ1) is 11.9. The molecule has 1 aliphatic carbocycles. The number of hydrogen-bond acceptors (Lipinski definition) is 2. The Labute approximate surface area is 98.4 Å². The maximum absolute atomic E-state index is 12.0. The second-order valence-corrected chi connectivity index (χ2v) is 5.48. The summed E-state index contributed by atoms with van der Waals surface area (Å²) >= 11 is 0. The van der Waals surface area contributed by atoms with Crippen LogP contribution >= 0.6 is 0 Å². The fourth-order valence-corrected chi connectivity index (χ4v) is 2.89. The van der Waals surface area contributed by atoms with E-state index in [0.717, 1.165) is 18.9 Å². The van der Waals surface area contributed by atoms with E-state index in [4.69, 9.17) is 0 Å². The van der Waals surface area contributed by atoms with Gasteiger partial charge < -0.3 is 10.6 Å². The molecule has 3 heteroatoms. The molecule has 2 fully saturated rings. The van der Waals surface area contributed by atoms with Crippen LogP contribution < -0.4 is 10.6 Å². The molecule has 16 heavy (non-hydrogen) atoms. The van der Waals surface area contributed by atoms with E-state index in [-0.39, 0.29) is 11.9 Å². The Morgan fingerprint density at radius 1 is 1.19 bits per heavy atom. The van der Waals surface area contributed by atoms with Crippen LogP contribution in [0.25, 0.3) is 0 Å². The lowest BCUT2D eigenvalue weighted by Gasteiger charge is -2.19. The molecule has 2 aliphatic rings. The third-order valence-corrected chi connectivity index (χ3v) is 3.92. The first-order valence-electron chi connectivity index (χ1n) is 6.79. The van der Waals surface area contributed by atoms with Gasteiger partial charge in [0.1, 0.15) is 0 Å². The van der Waals surface area contributed by atoms with Crippen molar-refractivity contribution in [1.82, 2.24) is 10.6 Å². The zero-order valence-corrected chi connectivity index (χ0v) is 10.3. The monoisotopic (exact) mass is 224 g/mol. The molecule has 2 rings (SSSR count). The van der Waals surface area contributed by atoms with Crippen LogP contribution in [0.3, 0.4) is 0 Å². The van der Waals surface area contributed by atoms with Crippen molar-refractivity contribution in [2.45, 2.75) is 64.0 Å². The predicted molar refractivity (Wildman–Crippen MR) is 65.2 cm³/mol. The van der Waals surface area contributed by atoms with Crippen molar-refractivity contribution in [1.29, 1.82) is 0 Å². The molecule has 1 aliphatic heterocycles. The normalized spacial score (nSPS) is 35.7. The van der Waals surface area contributed by atoms with Gasteiger partial charge in [-0.3, -0.25) is 4.79 Å². The molecule has 3 atom stereocenters. The predicted octanol–water partition coefficient (Wildman–Crippen LogP) is 1.82. The van der Waals surface area contributed by atoms with Crippen molar-refractivity contribution < 1.29 is 4.79 Å². The minimum Gasteiger partial charge on any atom is -0.352 e. The summed E-state index contributed by atoms with van der Waals surface area (Å²) in [4.78, 5) is 12.0. The standard InChI is InChI=1S/C13H24N2O/c1-10-6-7-11(9-10)15-13(16)12-5-3-2-4-8-14-12/h10-12,14H,2-9H2,1H3,(H,15,16). The topological polar surface area (TPSA) is 41.1 Å². The Hall–Kier alpha value is -0.570. The van der Waals surface area contributed by atoms with Crippen molar-refractivity contribution in [3.63, 3.8) is 0 Å². The summed E-state index contributed by atoms with van der Waals surface area (Å²) in [5.74, 6) is 1.02. The van der Waals surface area contributed by atoms with E-state index in [1.54, 1.807) is 0 Å². The zero-order chi connectivity index (χ0) is 11.4. The second-order valence-electron chi connectivity index (χ2n) is 5.48. The molecular formula is C13H24N2O. The lowest BCUT2D eigenvalue weighted by Crippen LogP contribution is -2.46. The lowest BCUT2D eigenvalue weighted by molar-refractivity contribution is -0.123. The number of carbonyl (C=O) groups excluding carboxylic acids is 1. The van der Waals surface area contributed by atoms with Crippen molar-refractivity contribution in [2.75, 3.05) is 6.54 Å². The third-order valence-electron chi connectivity index (χ3n) is 3.92. The van der Waals surface area contributed by atoms with Gasteiger partial charge in [-0.2, -0.15) is 0 Å². The van der Waals surface area contributed by atoms with Crippen LogP contribution in [0.5, 0.6) is 0 Å². The quantitative estimate of drug-likeness (QED) is 0.751. The van der Waals surface area contributed by atoms with Gasteiger partial charge in [0.2, 0.25) is 5.91 Å². The highest BCUT2D eigenvalue weighted by Crippen LogP contribution is 2.24. The number of rotatable bonds is 2. The average Bonchev–Trinajstić information content (AvgIpc) is 2.56. The molecule has 2 N–H and O–H groups in total. The molecule has 0 aromatic carbocycles. The van der Waals surface area contributed by atoms with Crippen molar-refractivity contribution >= 4 is 5.91 Å². The molecule has 1 amide bonds. The molecule has 1 saturated heterocycles. The summed E-state index contributed by atoms with van der Waals surface area (Å²) in [6.07, 6.45) is 8.27. The molecule has 1 saturated carbocycles. The molecule has 0 spiro atoms. The summed E-state index contributed by atoms with van der Waals surface area (Å²) < 4.78 is 0. The first-order valence-corrected chi connectivity index (χ1v) is 6.79. The molecule has 0 radical (unpaired) electrons. The van der Waals surface area contributed by atoms with Gasteiger partial charge in [-0.1, -0.05) is 19.8 Å². The van der Waals surface area contributed by atoms with Crippen LogP contribution in [-0.2, 0) is 4.79 Å². The summed E-state index contributed by atoms with van der Waals surface area (Å²) in [7, 11) is 0. The SMILES string of the molecule is CC1CCC(NC(=O)C2CCCCCN2)C1. The zero-order valence-electron chi connectivity index (χ0n) is 10.3. The van der Waals surface area contributed by atoms with Gasteiger partial charge in [0.05, 0.1) is 6.04 Å². The summed E-state index contributed by atoms with van der Waals surface area (Å²) in [5, 5.41) is 6.56. The second kappa shape index (κ2) is 5.67. The average molecular weight is 224 g/mol. The summed E-state index contributed by atoms with van der Waals surface area (Å²) in [6.45, 7) is 3.27. The van der Waals surface area contributed by atoms with E-state index in [1.165, 1.54) is 38.5 Å². The van der Waals surface area contributed by atoms with Crippen LogP contribution in [0.4, 0.5) is 0 Å². The molecule has 92 valence electrons. The fraction of sp³-hybridized carbons (Fsp3) is 0.923. The van der Waals surface area contributed by atoms with E-state index in [1.807, 2.05) is 0 Å². The van der Waals surface area contributed by atoms with E-state index in [2.05, 4.69) is 17.6 Å². The van der Waals surface area contributed by atoms with Crippen molar-refractivity contribution in [3.8, 4) is 0 Å². The largest absolute Gasteiger partial charge is 0.352 e. The maximum Gasteiger partial charge on any atom is 0.237 e. The van der Waals surface area contributed by atoms with Crippen LogP contribution in [0.15, 0.2) is 0 Å². The summed E-state index contributed by atoms with van der Waals surface area (Å²) in [6, 6.07) is 0.506. The highest BCUT2D eigenvalue weighted by atomic mass is 16.2. The van der Waals surface area contributed by atoms with Crippen LogP contribution in [0.2, 0.25) is 0 Å². The van der Waals surface area contributed by atoms with Gasteiger partial charge in [-0.25, -0.2) is 0 Å². The molecule has 1 heterocycles. The number of carbonyl (C=O) groups is 1. The lowest BCUT2D eigenvalue weighted by atomic mass is 10.1. The Balaban J connectivity index is 1.77. The van der Waals surface area contributed by atoms with Gasteiger partial charge in [0, 0.05) is 6.04 Å². The van der Waals surface area contributed by atoms with Crippen LogP contribution in [0, 0.1) is 5.92 Å². The molecule has 3 unspecified atom stereocenters. The fourth-order valence-electron chi connectivity index (χ4n) is 2.89. The van der Waals surface area contributed by atoms with E-state index < -0.39 is 0 Å². The molecule has 0 bridgehead atoms. The molecule has 0 aromatic heterocycles. The first-order chi connectivity index (χ1) is 7.75. The Morgan fingerprint density at radius 2 is 2.06 bits per heavy atom. The minimum absolute atomic E-state index is 0.0680. The van der Waals surface area contributed by atoms with Gasteiger partial charge >= 0.3 is 0 Å². The van der Waals surface area contributed by atoms with Crippen molar-refractivity contribution in [2.24, 2.45) is 5.92 Å². The third kappa shape index (κ3) is 3.21. The number of amides is 1. The van der Waals surface area contributed by atoms with Gasteiger partial charge in [-0.15, -0.1) is 0 Å². The molecular weight excluding hydrogens is 200 g/mol.